The summed E-state index contributed by atoms with van der Waals surface area (Å²) in [5.74, 6) is 1.45. The lowest BCUT2D eigenvalue weighted by molar-refractivity contribution is 0.101. The molecule has 0 aliphatic heterocycles. The van der Waals surface area contributed by atoms with E-state index in [0.717, 1.165) is 0 Å². The minimum atomic E-state index is -0.126. The van der Waals surface area contributed by atoms with E-state index in [-0.39, 0.29) is 5.78 Å². The van der Waals surface area contributed by atoms with E-state index in [4.69, 9.17) is 14.7 Å². The van der Waals surface area contributed by atoms with Crippen LogP contribution >= 0.6 is 15.9 Å². The van der Waals surface area contributed by atoms with Crippen LogP contribution in [0.2, 0.25) is 0 Å². The van der Waals surface area contributed by atoms with Crippen molar-refractivity contribution in [1.82, 2.24) is 0 Å². The molecule has 4 nitrogen and oxygen atoms in total. The SMILES string of the molecule is COc1ccc(Oc2cc(C#N)ccc2C(C)=O)c(Br)c1. The maximum Gasteiger partial charge on any atom is 0.163 e. The summed E-state index contributed by atoms with van der Waals surface area (Å²) in [6.45, 7) is 1.46. The van der Waals surface area contributed by atoms with Gasteiger partial charge in [0.05, 0.1) is 28.8 Å². The van der Waals surface area contributed by atoms with Crippen molar-refractivity contribution >= 4 is 21.7 Å². The van der Waals surface area contributed by atoms with Crippen LogP contribution in [-0.2, 0) is 0 Å². The third-order valence-corrected chi connectivity index (χ3v) is 3.47. The molecule has 106 valence electrons. The number of nitrogens with zero attached hydrogens (tertiary/aromatic N) is 1. The van der Waals surface area contributed by atoms with E-state index in [1.54, 1.807) is 43.5 Å². The molecule has 0 bridgehead atoms. The lowest BCUT2D eigenvalue weighted by Gasteiger charge is -2.12. The van der Waals surface area contributed by atoms with E-state index >= 15 is 0 Å². The lowest BCUT2D eigenvalue weighted by Crippen LogP contribution is -1.98. The van der Waals surface area contributed by atoms with Crippen molar-refractivity contribution in [3.05, 3.63) is 52.0 Å². The number of ketones is 1. The van der Waals surface area contributed by atoms with Gasteiger partial charge in [-0.1, -0.05) is 0 Å². The minimum Gasteiger partial charge on any atom is -0.497 e. The maximum atomic E-state index is 11.6. The van der Waals surface area contributed by atoms with Gasteiger partial charge in [-0.05, 0) is 59.3 Å². The molecule has 0 aliphatic rings. The Morgan fingerprint density at radius 2 is 1.95 bits per heavy atom. The van der Waals surface area contributed by atoms with Crippen LogP contribution < -0.4 is 9.47 Å². The first kappa shape index (κ1) is 15.1. The first-order chi connectivity index (χ1) is 10.0. The lowest BCUT2D eigenvalue weighted by atomic mass is 10.1. The molecule has 0 atom stereocenters. The third kappa shape index (κ3) is 3.41. The number of methoxy groups -OCH3 is 1. The molecule has 0 spiro atoms. The summed E-state index contributed by atoms with van der Waals surface area (Å²) >= 11 is 3.39. The number of benzene rings is 2. The van der Waals surface area contributed by atoms with Crippen molar-refractivity contribution in [1.29, 1.82) is 5.26 Å². The van der Waals surface area contributed by atoms with Crippen LogP contribution in [0.5, 0.6) is 17.2 Å². The van der Waals surface area contributed by atoms with Crippen LogP contribution in [0.15, 0.2) is 40.9 Å². The number of rotatable bonds is 4. The van der Waals surface area contributed by atoms with Crippen LogP contribution in [0.3, 0.4) is 0 Å². The summed E-state index contributed by atoms with van der Waals surface area (Å²) in [6, 6.07) is 12.0. The summed E-state index contributed by atoms with van der Waals surface area (Å²) in [7, 11) is 1.58. The largest absolute Gasteiger partial charge is 0.497 e. The predicted octanol–water partition coefficient (Wildman–Crippen LogP) is 4.32. The summed E-state index contributed by atoms with van der Waals surface area (Å²) in [5.41, 5.74) is 0.858. The molecule has 0 saturated carbocycles. The van der Waals surface area contributed by atoms with Crippen molar-refractivity contribution in [2.24, 2.45) is 0 Å². The number of Topliss-reactive ketones (excluding diaryl/α,β-unsaturated/α-hetero) is 1. The molecule has 0 fully saturated rings. The number of carbonyl (C=O) groups is 1. The number of ether oxygens (including phenoxy) is 2. The van der Waals surface area contributed by atoms with Gasteiger partial charge < -0.3 is 9.47 Å². The predicted molar refractivity (Wildman–Crippen MR) is 81.9 cm³/mol. The number of carbonyl (C=O) groups excluding carboxylic acids is 1. The van der Waals surface area contributed by atoms with E-state index in [9.17, 15) is 4.79 Å². The van der Waals surface area contributed by atoms with E-state index in [0.29, 0.717) is 32.8 Å². The first-order valence-electron chi connectivity index (χ1n) is 6.11. The minimum absolute atomic E-state index is 0.126. The van der Waals surface area contributed by atoms with Gasteiger partial charge in [-0.2, -0.15) is 5.26 Å². The molecule has 0 saturated heterocycles. The topological polar surface area (TPSA) is 59.3 Å². The van der Waals surface area contributed by atoms with Gasteiger partial charge in [0.1, 0.15) is 17.2 Å². The summed E-state index contributed by atoms with van der Waals surface area (Å²) in [4.78, 5) is 11.6. The van der Waals surface area contributed by atoms with Gasteiger partial charge >= 0.3 is 0 Å². The highest BCUT2D eigenvalue weighted by Crippen LogP contribution is 2.34. The average molecular weight is 346 g/mol. The van der Waals surface area contributed by atoms with Gasteiger partial charge in [0.2, 0.25) is 0 Å². The van der Waals surface area contributed by atoms with E-state index in [1.807, 2.05) is 6.07 Å². The molecule has 0 unspecified atom stereocenters. The fraction of sp³-hybridized carbons (Fsp3) is 0.125. The Kier molecular flexibility index (Phi) is 4.61. The Hall–Kier alpha value is -2.32. The summed E-state index contributed by atoms with van der Waals surface area (Å²) in [5, 5.41) is 8.96. The van der Waals surface area contributed by atoms with Gasteiger partial charge in [0.15, 0.2) is 5.78 Å². The second-order valence-electron chi connectivity index (χ2n) is 4.28. The smallest absolute Gasteiger partial charge is 0.163 e. The van der Waals surface area contributed by atoms with E-state index in [1.165, 1.54) is 6.92 Å². The summed E-state index contributed by atoms with van der Waals surface area (Å²) in [6.07, 6.45) is 0. The molecule has 0 aliphatic carbocycles. The second kappa shape index (κ2) is 6.42. The monoisotopic (exact) mass is 345 g/mol. The Bertz CT molecular complexity index is 735. The molecule has 0 aromatic heterocycles. The molecule has 21 heavy (non-hydrogen) atoms. The molecule has 0 amide bonds. The van der Waals surface area contributed by atoms with Crippen molar-refractivity contribution in [3.8, 4) is 23.3 Å². The van der Waals surface area contributed by atoms with E-state index < -0.39 is 0 Å². The van der Waals surface area contributed by atoms with Crippen LogP contribution in [0.25, 0.3) is 0 Å². The van der Waals surface area contributed by atoms with E-state index in [2.05, 4.69) is 15.9 Å². The van der Waals surface area contributed by atoms with Crippen LogP contribution in [-0.4, -0.2) is 12.9 Å². The van der Waals surface area contributed by atoms with Crippen LogP contribution in [0.4, 0.5) is 0 Å². The van der Waals surface area contributed by atoms with Gasteiger partial charge in [0.25, 0.3) is 0 Å². The highest BCUT2D eigenvalue weighted by atomic mass is 79.9. The van der Waals surface area contributed by atoms with Gasteiger partial charge in [0, 0.05) is 0 Å². The first-order valence-corrected chi connectivity index (χ1v) is 6.91. The zero-order valence-corrected chi connectivity index (χ0v) is 13.1. The van der Waals surface area contributed by atoms with Crippen molar-refractivity contribution in [2.75, 3.05) is 7.11 Å². The molecule has 0 radical (unpaired) electrons. The molecule has 0 heterocycles. The molecule has 2 aromatic carbocycles. The van der Waals surface area contributed by atoms with Crippen molar-refractivity contribution in [2.45, 2.75) is 6.92 Å². The second-order valence-corrected chi connectivity index (χ2v) is 5.13. The Morgan fingerprint density at radius 1 is 1.19 bits per heavy atom. The standard InChI is InChI=1S/C16H12BrNO3/c1-10(19)13-5-3-11(9-18)7-16(13)21-15-6-4-12(20-2)8-14(15)17/h3-8H,1-2H3. The zero-order valence-electron chi connectivity index (χ0n) is 11.5. The quantitative estimate of drug-likeness (QED) is 0.774. The maximum absolute atomic E-state index is 11.6. The fourth-order valence-electron chi connectivity index (χ4n) is 1.78. The third-order valence-electron chi connectivity index (χ3n) is 2.85. The van der Waals surface area contributed by atoms with Gasteiger partial charge in [-0.15, -0.1) is 0 Å². The normalized spacial score (nSPS) is 9.81. The number of hydrogen-bond acceptors (Lipinski definition) is 4. The van der Waals surface area contributed by atoms with Crippen LogP contribution in [0.1, 0.15) is 22.8 Å². The fourth-order valence-corrected chi connectivity index (χ4v) is 2.22. The zero-order chi connectivity index (χ0) is 15.4. The van der Waals surface area contributed by atoms with Gasteiger partial charge in [-0.25, -0.2) is 0 Å². The molecule has 5 heteroatoms. The van der Waals surface area contributed by atoms with Gasteiger partial charge in [-0.3, -0.25) is 4.79 Å². The van der Waals surface area contributed by atoms with Crippen LogP contribution in [0, 0.1) is 11.3 Å². The molecule has 0 N–H and O–H groups in total. The Balaban J connectivity index is 2.43. The molecular formula is C16H12BrNO3. The Labute approximate surface area is 131 Å². The highest BCUT2D eigenvalue weighted by Gasteiger charge is 2.12. The Morgan fingerprint density at radius 3 is 2.52 bits per heavy atom. The van der Waals surface area contributed by atoms with Crippen molar-refractivity contribution < 1.29 is 14.3 Å². The molecular weight excluding hydrogens is 334 g/mol. The number of halogens is 1. The highest BCUT2D eigenvalue weighted by molar-refractivity contribution is 9.10. The number of hydrogen-bond donors (Lipinski definition) is 0. The number of nitriles is 1. The summed E-state index contributed by atoms with van der Waals surface area (Å²) < 4.78 is 11.6. The molecule has 2 rings (SSSR count). The van der Waals surface area contributed by atoms with Crippen molar-refractivity contribution in [3.63, 3.8) is 0 Å². The average Bonchev–Trinajstić information content (AvgIpc) is 2.48. The molecule has 2 aromatic rings.